The highest BCUT2D eigenvalue weighted by Crippen LogP contribution is 2.28. The maximum Gasteiger partial charge on any atom is 0.181 e. The highest BCUT2D eigenvalue weighted by atomic mass is 32.2. The van der Waals surface area contributed by atoms with Crippen LogP contribution in [0.1, 0.15) is 27.1 Å². The first kappa shape index (κ1) is 14.7. The van der Waals surface area contributed by atoms with Crippen LogP contribution in [-0.2, 0) is 4.79 Å². The number of carbonyl (C=O) groups is 3. The highest BCUT2D eigenvalue weighted by Gasteiger charge is 2.42. The van der Waals surface area contributed by atoms with Crippen molar-refractivity contribution >= 4 is 29.1 Å². The van der Waals surface area contributed by atoms with Crippen molar-refractivity contribution in [2.24, 2.45) is 5.92 Å². The highest BCUT2D eigenvalue weighted by molar-refractivity contribution is 7.99. The summed E-state index contributed by atoms with van der Waals surface area (Å²) >= 11 is 1.55. The second-order valence-electron chi connectivity index (χ2n) is 5.08. The molecule has 0 spiro atoms. The molecule has 3 nitrogen and oxygen atoms in total. The maximum absolute atomic E-state index is 12.3. The molecule has 0 fully saturated rings. The van der Waals surface area contributed by atoms with Gasteiger partial charge in [-0.05, 0) is 12.1 Å². The Bertz CT molecular complexity index is 702. The van der Waals surface area contributed by atoms with E-state index in [4.69, 9.17) is 0 Å². The van der Waals surface area contributed by atoms with Gasteiger partial charge in [-0.3, -0.25) is 14.4 Å². The fourth-order valence-electron chi connectivity index (χ4n) is 2.57. The first-order chi connectivity index (χ1) is 10.7. The molecule has 0 amide bonds. The number of benzene rings is 2. The Morgan fingerprint density at radius 2 is 1.41 bits per heavy atom. The van der Waals surface area contributed by atoms with Crippen molar-refractivity contribution in [3.63, 3.8) is 0 Å². The zero-order valence-electron chi connectivity index (χ0n) is 11.8. The molecule has 0 bridgehead atoms. The Kier molecular flexibility index (Phi) is 4.20. The molecule has 0 saturated carbocycles. The van der Waals surface area contributed by atoms with Crippen LogP contribution in [0.2, 0.25) is 0 Å². The summed E-state index contributed by atoms with van der Waals surface area (Å²) in [4.78, 5) is 37.8. The van der Waals surface area contributed by atoms with Gasteiger partial charge >= 0.3 is 0 Å². The van der Waals surface area contributed by atoms with Gasteiger partial charge in [-0.25, -0.2) is 0 Å². The lowest BCUT2D eigenvalue weighted by molar-refractivity contribution is -0.119. The molecular weight excluding hydrogens is 296 g/mol. The van der Waals surface area contributed by atoms with Crippen molar-refractivity contribution in [3.8, 4) is 0 Å². The summed E-state index contributed by atoms with van der Waals surface area (Å²) in [7, 11) is 0. The van der Waals surface area contributed by atoms with E-state index >= 15 is 0 Å². The molecule has 3 rings (SSSR count). The summed E-state index contributed by atoms with van der Waals surface area (Å²) in [5, 5.41) is 0. The molecule has 0 aliphatic heterocycles. The number of fused-ring (bicyclic) bond motifs is 1. The van der Waals surface area contributed by atoms with Gasteiger partial charge < -0.3 is 0 Å². The van der Waals surface area contributed by atoms with Gasteiger partial charge in [0.1, 0.15) is 5.92 Å². The molecule has 110 valence electrons. The predicted molar refractivity (Wildman–Crippen MR) is 85.4 cm³/mol. The zero-order chi connectivity index (χ0) is 15.5. The SMILES string of the molecule is O=C(CCSc1ccccc1)C1C(=O)c2ccccc2C1=O. The van der Waals surface area contributed by atoms with Crippen LogP contribution >= 0.6 is 11.8 Å². The van der Waals surface area contributed by atoms with E-state index in [-0.39, 0.29) is 23.8 Å². The third-order valence-electron chi connectivity index (χ3n) is 3.66. The van der Waals surface area contributed by atoms with Crippen molar-refractivity contribution < 1.29 is 14.4 Å². The smallest absolute Gasteiger partial charge is 0.181 e. The van der Waals surface area contributed by atoms with Gasteiger partial charge in [-0.1, -0.05) is 42.5 Å². The number of hydrogen-bond donors (Lipinski definition) is 0. The molecule has 0 saturated heterocycles. The van der Waals surface area contributed by atoms with Gasteiger partial charge in [0.05, 0.1) is 0 Å². The predicted octanol–water partition coefficient (Wildman–Crippen LogP) is 3.43. The standard InChI is InChI=1S/C18H14O3S/c19-15(10-11-22-12-6-2-1-3-7-12)16-17(20)13-8-4-5-9-14(13)18(16)21/h1-9,16H,10-11H2. The second kappa shape index (κ2) is 6.28. The molecular formula is C18H14O3S. The summed E-state index contributed by atoms with van der Waals surface area (Å²) in [5.41, 5.74) is 0.753. The van der Waals surface area contributed by atoms with Crippen molar-refractivity contribution in [1.82, 2.24) is 0 Å². The summed E-state index contributed by atoms with van der Waals surface area (Å²) < 4.78 is 0. The third kappa shape index (κ3) is 2.74. The monoisotopic (exact) mass is 310 g/mol. The summed E-state index contributed by atoms with van der Waals surface area (Å²) in [6.07, 6.45) is 0.218. The van der Waals surface area contributed by atoms with Crippen molar-refractivity contribution in [2.75, 3.05) is 5.75 Å². The van der Waals surface area contributed by atoms with Crippen LogP contribution in [-0.4, -0.2) is 23.1 Å². The minimum Gasteiger partial charge on any atom is -0.298 e. The van der Waals surface area contributed by atoms with E-state index in [1.807, 2.05) is 30.3 Å². The Balaban J connectivity index is 1.64. The lowest BCUT2D eigenvalue weighted by atomic mass is 9.97. The summed E-state index contributed by atoms with van der Waals surface area (Å²) in [5.74, 6) is -1.55. The third-order valence-corrected chi connectivity index (χ3v) is 4.68. The van der Waals surface area contributed by atoms with Crippen molar-refractivity contribution in [3.05, 3.63) is 65.7 Å². The van der Waals surface area contributed by atoms with Gasteiger partial charge in [-0.15, -0.1) is 11.8 Å². The van der Waals surface area contributed by atoms with Gasteiger partial charge in [0, 0.05) is 28.2 Å². The number of carbonyl (C=O) groups excluding carboxylic acids is 3. The largest absolute Gasteiger partial charge is 0.298 e. The average Bonchev–Trinajstić information content (AvgIpc) is 2.80. The van der Waals surface area contributed by atoms with Gasteiger partial charge in [-0.2, -0.15) is 0 Å². The molecule has 0 N–H and O–H groups in total. The van der Waals surface area contributed by atoms with Crippen LogP contribution in [0.15, 0.2) is 59.5 Å². The molecule has 22 heavy (non-hydrogen) atoms. The fourth-order valence-corrected chi connectivity index (χ4v) is 3.45. The van der Waals surface area contributed by atoms with Gasteiger partial charge in [0.2, 0.25) is 0 Å². The number of rotatable bonds is 5. The molecule has 0 atom stereocenters. The molecule has 2 aromatic carbocycles. The van der Waals surface area contributed by atoms with Gasteiger partial charge in [0.15, 0.2) is 17.3 Å². The van der Waals surface area contributed by atoms with E-state index in [1.165, 1.54) is 0 Å². The zero-order valence-corrected chi connectivity index (χ0v) is 12.6. The molecule has 0 heterocycles. The topological polar surface area (TPSA) is 51.2 Å². The van der Waals surface area contributed by atoms with Crippen LogP contribution in [0.4, 0.5) is 0 Å². The molecule has 0 unspecified atom stereocenters. The Morgan fingerprint density at radius 3 is 2.00 bits per heavy atom. The Labute approximate surface area is 132 Å². The Morgan fingerprint density at radius 1 is 0.864 bits per heavy atom. The first-order valence-corrected chi connectivity index (χ1v) is 8.05. The quantitative estimate of drug-likeness (QED) is 0.627. The minimum atomic E-state index is -1.13. The summed E-state index contributed by atoms with van der Waals surface area (Å²) in [6.45, 7) is 0. The molecule has 1 aliphatic rings. The minimum absolute atomic E-state index is 0.218. The van der Waals surface area contributed by atoms with E-state index < -0.39 is 5.92 Å². The fraction of sp³-hybridized carbons (Fsp3) is 0.167. The lowest BCUT2D eigenvalue weighted by Crippen LogP contribution is -2.25. The number of hydrogen-bond acceptors (Lipinski definition) is 4. The van der Waals surface area contributed by atoms with E-state index in [9.17, 15) is 14.4 Å². The normalized spacial score (nSPS) is 14.2. The van der Waals surface area contributed by atoms with Crippen LogP contribution in [0.25, 0.3) is 0 Å². The van der Waals surface area contributed by atoms with E-state index in [0.717, 1.165) is 4.90 Å². The summed E-state index contributed by atoms with van der Waals surface area (Å²) in [6, 6.07) is 16.4. The van der Waals surface area contributed by atoms with Crippen molar-refractivity contribution in [2.45, 2.75) is 11.3 Å². The van der Waals surface area contributed by atoms with Crippen LogP contribution in [0.3, 0.4) is 0 Å². The first-order valence-electron chi connectivity index (χ1n) is 7.06. The lowest BCUT2D eigenvalue weighted by Gasteiger charge is -2.06. The van der Waals surface area contributed by atoms with E-state index in [0.29, 0.717) is 16.9 Å². The van der Waals surface area contributed by atoms with Crippen LogP contribution < -0.4 is 0 Å². The molecule has 4 heteroatoms. The maximum atomic E-state index is 12.3. The van der Waals surface area contributed by atoms with Crippen molar-refractivity contribution in [1.29, 1.82) is 0 Å². The number of Topliss-reactive ketones (excluding diaryl/α,β-unsaturated/α-hetero) is 3. The molecule has 1 aliphatic carbocycles. The van der Waals surface area contributed by atoms with Crippen LogP contribution in [0.5, 0.6) is 0 Å². The van der Waals surface area contributed by atoms with E-state index in [1.54, 1.807) is 36.0 Å². The molecule has 0 radical (unpaired) electrons. The molecule has 0 aromatic heterocycles. The second-order valence-corrected chi connectivity index (χ2v) is 6.25. The average molecular weight is 310 g/mol. The molecule has 2 aromatic rings. The van der Waals surface area contributed by atoms with E-state index in [2.05, 4.69) is 0 Å². The number of ketones is 3. The van der Waals surface area contributed by atoms with Crippen LogP contribution in [0, 0.1) is 5.92 Å². The number of thioether (sulfide) groups is 1. The van der Waals surface area contributed by atoms with Gasteiger partial charge in [0.25, 0.3) is 0 Å². The Hall–Kier alpha value is -2.20.